The zero-order chi connectivity index (χ0) is 13.2. The first kappa shape index (κ1) is 14.4. The molecule has 0 radical (unpaired) electrons. The lowest BCUT2D eigenvalue weighted by atomic mass is 9.86. The van der Waals surface area contributed by atoms with E-state index in [-0.39, 0.29) is 16.8 Å². The Labute approximate surface area is 108 Å². The third-order valence-corrected chi connectivity index (χ3v) is 4.07. The average Bonchev–Trinajstić information content (AvgIpc) is 2.19. The Bertz CT molecular complexity index is 380. The van der Waals surface area contributed by atoms with Gasteiger partial charge in [-0.15, -0.1) is 11.8 Å². The number of phenolic OH excluding ortho intramolecular Hbond substituents is 1. The van der Waals surface area contributed by atoms with Crippen LogP contribution >= 0.6 is 11.8 Å². The fourth-order valence-electron chi connectivity index (χ4n) is 1.50. The van der Waals surface area contributed by atoms with Crippen LogP contribution in [0.4, 0.5) is 0 Å². The molecule has 0 aliphatic rings. The van der Waals surface area contributed by atoms with Crippen molar-refractivity contribution < 1.29 is 10.2 Å². The van der Waals surface area contributed by atoms with E-state index in [1.165, 1.54) is 0 Å². The van der Waals surface area contributed by atoms with Gasteiger partial charge >= 0.3 is 0 Å². The number of thioether (sulfide) groups is 1. The lowest BCUT2D eigenvalue weighted by molar-refractivity contribution is 0.196. The van der Waals surface area contributed by atoms with Crippen molar-refractivity contribution in [3.05, 3.63) is 23.8 Å². The molecule has 0 aliphatic carbocycles. The highest BCUT2D eigenvalue weighted by Crippen LogP contribution is 2.35. The van der Waals surface area contributed by atoms with Crippen molar-refractivity contribution in [2.75, 3.05) is 0 Å². The van der Waals surface area contributed by atoms with Crippen molar-refractivity contribution in [3.63, 3.8) is 0 Å². The fourth-order valence-corrected chi connectivity index (χ4v) is 2.46. The molecule has 2 nitrogen and oxygen atoms in total. The summed E-state index contributed by atoms with van der Waals surface area (Å²) in [6.45, 7) is 10.0. The predicted octanol–water partition coefficient (Wildman–Crippen LogP) is 3.55. The minimum atomic E-state index is -0.341. The van der Waals surface area contributed by atoms with Gasteiger partial charge in [0.25, 0.3) is 0 Å². The zero-order valence-corrected chi connectivity index (χ0v) is 12.0. The third kappa shape index (κ3) is 3.93. The number of hydrogen-bond donors (Lipinski definition) is 2. The summed E-state index contributed by atoms with van der Waals surface area (Å²) in [6.07, 6.45) is -0.341. The molecule has 0 aliphatic heterocycles. The minimum Gasteiger partial charge on any atom is -0.508 e. The van der Waals surface area contributed by atoms with Crippen molar-refractivity contribution in [1.29, 1.82) is 0 Å². The van der Waals surface area contributed by atoms with Crippen LogP contribution in [0.2, 0.25) is 0 Å². The van der Waals surface area contributed by atoms with Gasteiger partial charge in [0.1, 0.15) is 5.75 Å². The molecule has 1 aromatic carbocycles. The average molecular weight is 254 g/mol. The van der Waals surface area contributed by atoms with E-state index in [9.17, 15) is 10.2 Å². The van der Waals surface area contributed by atoms with Crippen molar-refractivity contribution >= 4 is 11.8 Å². The van der Waals surface area contributed by atoms with Crippen molar-refractivity contribution in [1.82, 2.24) is 0 Å². The van der Waals surface area contributed by atoms with Crippen LogP contribution in [0.5, 0.6) is 5.75 Å². The van der Waals surface area contributed by atoms with Gasteiger partial charge in [0, 0.05) is 15.7 Å². The van der Waals surface area contributed by atoms with Crippen molar-refractivity contribution in [3.8, 4) is 5.75 Å². The highest BCUT2D eigenvalue weighted by atomic mass is 32.2. The maximum absolute atomic E-state index is 9.86. The quantitative estimate of drug-likeness (QED) is 0.810. The van der Waals surface area contributed by atoms with Crippen LogP contribution in [0.15, 0.2) is 23.1 Å². The lowest BCUT2D eigenvalue weighted by Crippen LogP contribution is -2.15. The Hall–Kier alpha value is -0.670. The SMILES string of the molecule is C[C@H](O)[C@@H](C)Sc1ccc(O)c(C(C)(C)C)c1. The molecular formula is C14H22O2S. The molecule has 0 saturated carbocycles. The van der Waals surface area contributed by atoms with Crippen LogP contribution < -0.4 is 0 Å². The topological polar surface area (TPSA) is 40.5 Å². The van der Waals surface area contributed by atoms with Gasteiger partial charge in [-0.25, -0.2) is 0 Å². The highest BCUT2D eigenvalue weighted by Gasteiger charge is 2.19. The molecule has 0 bridgehead atoms. The minimum absolute atomic E-state index is 0.0747. The molecule has 0 spiro atoms. The van der Waals surface area contributed by atoms with Crippen LogP contribution in [0.3, 0.4) is 0 Å². The van der Waals surface area contributed by atoms with Crippen LogP contribution in [0, 0.1) is 0 Å². The maximum atomic E-state index is 9.86. The van der Waals surface area contributed by atoms with E-state index in [0.29, 0.717) is 5.75 Å². The van der Waals surface area contributed by atoms with Crippen molar-refractivity contribution in [2.45, 2.75) is 56.3 Å². The zero-order valence-electron chi connectivity index (χ0n) is 11.2. The van der Waals surface area contributed by atoms with E-state index in [4.69, 9.17) is 0 Å². The Morgan fingerprint density at radius 1 is 1.18 bits per heavy atom. The van der Waals surface area contributed by atoms with Gasteiger partial charge in [-0.2, -0.15) is 0 Å². The molecular weight excluding hydrogens is 232 g/mol. The van der Waals surface area contributed by atoms with E-state index in [1.54, 1.807) is 24.8 Å². The largest absolute Gasteiger partial charge is 0.508 e. The Morgan fingerprint density at radius 2 is 1.76 bits per heavy atom. The van der Waals surface area contributed by atoms with Crippen molar-refractivity contribution in [2.24, 2.45) is 0 Å². The first-order valence-electron chi connectivity index (χ1n) is 5.90. The Balaban J connectivity index is 2.97. The van der Waals surface area contributed by atoms with Gasteiger partial charge in [-0.1, -0.05) is 27.7 Å². The summed E-state index contributed by atoms with van der Waals surface area (Å²) < 4.78 is 0. The van der Waals surface area contributed by atoms with E-state index in [0.717, 1.165) is 10.5 Å². The van der Waals surface area contributed by atoms with Crippen LogP contribution in [-0.2, 0) is 5.41 Å². The van der Waals surface area contributed by atoms with Crippen LogP contribution in [-0.4, -0.2) is 21.6 Å². The molecule has 0 aromatic heterocycles. The van der Waals surface area contributed by atoms with Gasteiger partial charge in [0.05, 0.1) is 6.10 Å². The first-order valence-corrected chi connectivity index (χ1v) is 6.78. The number of phenols is 1. The molecule has 96 valence electrons. The summed E-state index contributed by atoms with van der Waals surface area (Å²) >= 11 is 1.63. The Morgan fingerprint density at radius 3 is 2.24 bits per heavy atom. The fraction of sp³-hybridized carbons (Fsp3) is 0.571. The van der Waals surface area contributed by atoms with E-state index < -0.39 is 0 Å². The summed E-state index contributed by atoms with van der Waals surface area (Å²) in [5, 5.41) is 19.5. The second-order valence-corrected chi connectivity index (χ2v) is 6.94. The van der Waals surface area contributed by atoms with Crippen LogP contribution in [0.1, 0.15) is 40.2 Å². The smallest absolute Gasteiger partial charge is 0.119 e. The molecule has 1 rings (SSSR count). The molecule has 0 saturated heterocycles. The van der Waals surface area contributed by atoms with E-state index in [2.05, 4.69) is 20.8 Å². The molecule has 1 aromatic rings. The lowest BCUT2D eigenvalue weighted by Gasteiger charge is -2.22. The van der Waals surface area contributed by atoms with Gasteiger partial charge in [-0.05, 0) is 30.5 Å². The molecule has 2 atom stereocenters. The molecule has 0 fully saturated rings. The number of aliphatic hydroxyl groups is 1. The van der Waals surface area contributed by atoms with Gasteiger partial charge < -0.3 is 10.2 Å². The standard InChI is InChI=1S/C14H22O2S/c1-9(15)10(2)17-11-6-7-13(16)12(8-11)14(3,4)5/h6-10,15-16H,1-5H3/t9-,10+/m0/s1. The number of aliphatic hydroxyl groups excluding tert-OH is 1. The second kappa shape index (κ2) is 5.32. The predicted molar refractivity (Wildman–Crippen MR) is 73.8 cm³/mol. The molecule has 0 heterocycles. The first-order chi connectivity index (χ1) is 7.71. The summed E-state index contributed by atoms with van der Waals surface area (Å²) in [7, 11) is 0. The number of benzene rings is 1. The molecule has 17 heavy (non-hydrogen) atoms. The highest BCUT2D eigenvalue weighted by molar-refractivity contribution is 8.00. The molecule has 0 unspecified atom stereocenters. The van der Waals surface area contributed by atoms with Crippen LogP contribution in [0.25, 0.3) is 0 Å². The number of rotatable bonds is 3. The number of aromatic hydroxyl groups is 1. The maximum Gasteiger partial charge on any atom is 0.119 e. The number of hydrogen-bond acceptors (Lipinski definition) is 3. The normalized spacial score (nSPS) is 15.6. The molecule has 0 amide bonds. The Kier molecular flexibility index (Phi) is 4.50. The molecule has 2 N–H and O–H groups in total. The van der Waals surface area contributed by atoms with E-state index in [1.807, 2.05) is 19.1 Å². The summed E-state index contributed by atoms with van der Waals surface area (Å²) in [4.78, 5) is 1.08. The third-order valence-electron chi connectivity index (χ3n) is 2.78. The van der Waals surface area contributed by atoms with Gasteiger partial charge in [-0.3, -0.25) is 0 Å². The monoisotopic (exact) mass is 254 g/mol. The second-order valence-electron chi connectivity index (χ2n) is 5.49. The van der Waals surface area contributed by atoms with Gasteiger partial charge in [0.15, 0.2) is 0 Å². The summed E-state index contributed by atoms with van der Waals surface area (Å²) in [6, 6.07) is 5.64. The summed E-state index contributed by atoms with van der Waals surface area (Å²) in [5.74, 6) is 0.339. The van der Waals surface area contributed by atoms with Gasteiger partial charge in [0.2, 0.25) is 0 Å². The summed E-state index contributed by atoms with van der Waals surface area (Å²) in [5.41, 5.74) is 0.870. The molecule has 3 heteroatoms. The van der Waals surface area contributed by atoms with E-state index >= 15 is 0 Å².